The van der Waals surface area contributed by atoms with E-state index in [-0.39, 0.29) is 24.0 Å². The van der Waals surface area contributed by atoms with Crippen molar-refractivity contribution in [1.29, 1.82) is 0 Å². The van der Waals surface area contributed by atoms with Gasteiger partial charge in [-0.2, -0.15) is 0 Å². The van der Waals surface area contributed by atoms with Crippen LogP contribution in [0.25, 0.3) is 0 Å². The van der Waals surface area contributed by atoms with Gasteiger partial charge in [0.25, 0.3) is 0 Å². The Hall–Kier alpha value is -1.48. The van der Waals surface area contributed by atoms with Crippen LogP contribution in [0.1, 0.15) is 23.4 Å². The molecule has 0 saturated carbocycles. The van der Waals surface area contributed by atoms with Gasteiger partial charge in [-0.1, -0.05) is 16.8 Å². The molecule has 0 saturated heterocycles. The summed E-state index contributed by atoms with van der Waals surface area (Å²) in [5, 5.41) is 7.46. The Morgan fingerprint density at radius 1 is 1.42 bits per heavy atom. The summed E-state index contributed by atoms with van der Waals surface area (Å²) >= 11 is 6.07. The summed E-state index contributed by atoms with van der Waals surface area (Å²) in [5.74, 6) is 1.84. The highest BCUT2D eigenvalue weighted by Crippen LogP contribution is 2.27. The van der Waals surface area contributed by atoms with E-state index in [9.17, 15) is 0 Å². The zero-order chi connectivity index (χ0) is 16.8. The Morgan fingerprint density at radius 3 is 2.75 bits per heavy atom. The number of guanidine groups is 1. The van der Waals surface area contributed by atoms with Gasteiger partial charge in [0.1, 0.15) is 11.5 Å². The summed E-state index contributed by atoms with van der Waals surface area (Å²) in [6, 6.07) is 5.35. The van der Waals surface area contributed by atoms with Gasteiger partial charge in [-0.3, -0.25) is 4.99 Å². The molecule has 0 fully saturated rings. The van der Waals surface area contributed by atoms with Gasteiger partial charge in [-0.15, -0.1) is 24.0 Å². The van der Waals surface area contributed by atoms with Gasteiger partial charge < -0.3 is 20.3 Å². The summed E-state index contributed by atoms with van der Waals surface area (Å²) in [5.41, 5.74) is 8.73. The Balaban J connectivity index is 0.00000288. The van der Waals surface area contributed by atoms with Crippen molar-refractivity contribution in [1.82, 2.24) is 5.16 Å². The first-order valence-corrected chi connectivity index (χ1v) is 7.71. The maximum Gasteiger partial charge on any atom is 0.193 e. The quantitative estimate of drug-likeness (QED) is 0.293. The predicted octanol–water partition coefficient (Wildman–Crippen LogP) is 3.93. The number of aliphatic imine (C=N–C) groups is 1. The Morgan fingerprint density at radius 2 is 2.17 bits per heavy atom. The number of rotatable bonds is 6. The first kappa shape index (κ1) is 20.6. The van der Waals surface area contributed by atoms with E-state index in [0.29, 0.717) is 23.3 Å². The van der Waals surface area contributed by atoms with E-state index in [1.54, 1.807) is 19.2 Å². The first-order valence-electron chi connectivity index (χ1n) is 7.33. The lowest BCUT2D eigenvalue weighted by molar-refractivity contribution is 0.392. The molecule has 6 nitrogen and oxygen atoms in total. The van der Waals surface area contributed by atoms with Crippen molar-refractivity contribution in [2.75, 3.05) is 19.0 Å². The molecule has 0 atom stereocenters. The molecule has 0 aliphatic heterocycles. The molecule has 0 amide bonds. The molecule has 24 heavy (non-hydrogen) atoms. The monoisotopic (exact) mass is 464 g/mol. The smallest absolute Gasteiger partial charge is 0.193 e. The van der Waals surface area contributed by atoms with E-state index in [0.717, 1.165) is 35.5 Å². The van der Waals surface area contributed by atoms with E-state index in [2.05, 4.69) is 15.5 Å². The number of aryl methyl sites for hydroxylation is 2. The number of anilines is 1. The topological polar surface area (TPSA) is 85.7 Å². The number of hydrogen-bond acceptors (Lipinski definition) is 4. The first-order chi connectivity index (χ1) is 11.0. The van der Waals surface area contributed by atoms with Crippen molar-refractivity contribution >= 4 is 47.2 Å². The van der Waals surface area contributed by atoms with Crippen LogP contribution >= 0.6 is 35.6 Å². The maximum absolute atomic E-state index is 6.07. The lowest BCUT2D eigenvalue weighted by Gasteiger charge is -2.08. The van der Waals surface area contributed by atoms with E-state index in [1.165, 1.54) is 0 Å². The summed E-state index contributed by atoms with van der Waals surface area (Å²) in [6.45, 7) is 4.48. The third kappa shape index (κ3) is 5.55. The minimum Gasteiger partial charge on any atom is -0.495 e. The van der Waals surface area contributed by atoms with Crippen molar-refractivity contribution in [3.63, 3.8) is 0 Å². The molecule has 132 valence electrons. The van der Waals surface area contributed by atoms with E-state index >= 15 is 0 Å². The van der Waals surface area contributed by atoms with Crippen molar-refractivity contribution < 1.29 is 9.26 Å². The van der Waals surface area contributed by atoms with E-state index in [1.807, 2.05) is 19.9 Å². The van der Waals surface area contributed by atoms with Crippen LogP contribution < -0.4 is 15.8 Å². The molecular weight excluding hydrogens is 443 g/mol. The van der Waals surface area contributed by atoms with Crippen LogP contribution in [-0.2, 0) is 6.42 Å². The summed E-state index contributed by atoms with van der Waals surface area (Å²) < 4.78 is 10.2. The number of nitrogens with two attached hydrogens (primary N) is 1. The molecule has 0 aliphatic carbocycles. The predicted molar refractivity (Wildman–Crippen MR) is 108 cm³/mol. The van der Waals surface area contributed by atoms with E-state index in [4.69, 9.17) is 26.6 Å². The van der Waals surface area contributed by atoms with Crippen LogP contribution in [0.15, 0.2) is 27.7 Å². The number of halogens is 2. The van der Waals surface area contributed by atoms with Gasteiger partial charge in [-0.25, -0.2) is 0 Å². The van der Waals surface area contributed by atoms with Gasteiger partial charge in [0.2, 0.25) is 0 Å². The zero-order valence-corrected chi connectivity index (χ0v) is 17.0. The second-order valence-electron chi connectivity index (χ2n) is 5.15. The number of methoxy groups -OCH3 is 1. The molecule has 0 unspecified atom stereocenters. The highest BCUT2D eigenvalue weighted by molar-refractivity contribution is 14.0. The molecule has 1 aromatic heterocycles. The number of hydrogen-bond donors (Lipinski definition) is 2. The average molecular weight is 465 g/mol. The lowest BCUT2D eigenvalue weighted by atomic mass is 10.1. The number of nitrogens with one attached hydrogen (secondary N) is 1. The molecule has 0 aliphatic rings. The van der Waals surface area contributed by atoms with E-state index < -0.39 is 0 Å². The molecule has 3 N–H and O–H groups in total. The van der Waals surface area contributed by atoms with Crippen molar-refractivity contribution in [3.05, 3.63) is 40.2 Å². The molecule has 0 bridgehead atoms. The zero-order valence-electron chi connectivity index (χ0n) is 13.9. The fourth-order valence-corrected chi connectivity index (χ4v) is 2.50. The molecule has 2 rings (SSSR count). The second kappa shape index (κ2) is 9.73. The van der Waals surface area contributed by atoms with Gasteiger partial charge >= 0.3 is 0 Å². The Bertz CT molecular complexity index is 684. The Labute approximate surface area is 163 Å². The van der Waals surface area contributed by atoms with Crippen LogP contribution in [0.2, 0.25) is 5.02 Å². The summed E-state index contributed by atoms with van der Waals surface area (Å²) in [7, 11) is 1.57. The van der Waals surface area contributed by atoms with Crippen LogP contribution in [-0.4, -0.2) is 24.8 Å². The van der Waals surface area contributed by atoms with Crippen molar-refractivity contribution in [2.24, 2.45) is 10.7 Å². The molecule has 1 aromatic carbocycles. The molecule has 1 heterocycles. The van der Waals surface area contributed by atoms with Crippen molar-refractivity contribution in [2.45, 2.75) is 26.7 Å². The normalized spacial score (nSPS) is 11.1. The third-order valence-corrected chi connectivity index (χ3v) is 3.77. The average Bonchev–Trinajstić information content (AvgIpc) is 2.83. The number of nitrogens with zero attached hydrogens (tertiary/aromatic N) is 2. The molecular formula is C16H22ClIN4O2. The summed E-state index contributed by atoms with van der Waals surface area (Å²) in [4.78, 5) is 4.31. The van der Waals surface area contributed by atoms with Gasteiger partial charge in [0.05, 0.1) is 17.8 Å². The fourth-order valence-electron chi connectivity index (χ4n) is 2.25. The van der Waals surface area contributed by atoms with Crippen LogP contribution in [0.5, 0.6) is 5.75 Å². The number of ether oxygens (including phenoxy) is 1. The number of benzene rings is 1. The fraction of sp³-hybridized carbons (Fsp3) is 0.375. The molecule has 2 aromatic rings. The van der Waals surface area contributed by atoms with Crippen LogP contribution in [0, 0.1) is 13.8 Å². The number of aromatic nitrogens is 1. The second-order valence-corrected chi connectivity index (χ2v) is 5.55. The summed E-state index contributed by atoms with van der Waals surface area (Å²) in [6.07, 6.45) is 1.74. The molecule has 0 spiro atoms. The largest absolute Gasteiger partial charge is 0.495 e. The minimum atomic E-state index is 0. The third-order valence-electron chi connectivity index (χ3n) is 3.47. The highest BCUT2D eigenvalue weighted by Gasteiger charge is 2.08. The van der Waals surface area contributed by atoms with Crippen LogP contribution in [0.4, 0.5) is 5.69 Å². The lowest BCUT2D eigenvalue weighted by Crippen LogP contribution is -2.22. The highest BCUT2D eigenvalue weighted by atomic mass is 127. The standard InChI is InChI=1S/C16H21ClN4O2.HI/c1-10-13(11(2)23-21-10)5-4-8-19-16(18)20-12-6-7-15(22-3)14(17)9-12;/h6-7,9H,4-5,8H2,1-3H3,(H3,18,19,20);1H. The van der Waals surface area contributed by atoms with Crippen molar-refractivity contribution in [3.8, 4) is 5.75 Å². The maximum atomic E-state index is 6.07. The molecule has 8 heteroatoms. The molecule has 0 radical (unpaired) electrons. The van der Waals surface area contributed by atoms with Gasteiger partial charge in [0, 0.05) is 17.8 Å². The SMILES string of the molecule is COc1ccc(NC(N)=NCCCc2c(C)noc2C)cc1Cl.I. The van der Waals surface area contributed by atoms with Crippen LogP contribution in [0.3, 0.4) is 0 Å². The van der Waals surface area contributed by atoms with Gasteiger partial charge in [0.15, 0.2) is 5.96 Å². The van der Waals surface area contributed by atoms with Gasteiger partial charge in [-0.05, 0) is 44.9 Å². The minimum absolute atomic E-state index is 0. The Kier molecular flexibility index (Phi) is 8.34.